The number of hydrogen-bond acceptors (Lipinski definition) is 2. The van der Waals surface area contributed by atoms with E-state index in [-0.39, 0.29) is 11.4 Å². The molecule has 1 N–H and O–H groups in total. The van der Waals surface area contributed by atoms with Gasteiger partial charge in [0, 0.05) is 16.0 Å². The molecule has 3 nitrogen and oxygen atoms in total. The molecular formula is C14H13BrClNO2S. The quantitative estimate of drug-likeness (QED) is 0.882. The van der Waals surface area contributed by atoms with E-state index < -0.39 is 10.0 Å². The van der Waals surface area contributed by atoms with Gasteiger partial charge in [-0.25, -0.2) is 13.1 Å². The molecule has 0 atom stereocenters. The van der Waals surface area contributed by atoms with Crippen molar-refractivity contribution in [2.24, 2.45) is 0 Å². The summed E-state index contributed by atoms with van der Waals surface area (Å²) < 4.78 is 27.9. The van der Waals surface area contributed by atoms with Crippen molar-refractivity contribution >= 4 is 37.6 Å². The van der Waals surface area contributed by atoms with Gasteiger partial charge >= 0.3 is 0 Å². The van der Waals surface area contributed by atoms with Crippen LogP contribution in [-0.2, 0) is 16.6 Å². The summed E-state index contributed by atoms with van der Waals surface area (Å²) in [5, 5.41) is 0.544. The Morgan fingerprint density at radius 1 is 1.20 bits per heavy atom. The topological polar surface area (TPSA) is 46.2 Å². The highest BCUT2D eigenvalue weighted by Gasteiger charge is 2.15. The molecule has 0 radical (unpaired) electrons. The first-order chi connectivity index (χ1) is 9.40. The number of benzene rings is 2. The molecule has 0 heterocycles. The van der Waals surface area contributed by atoms with E-state index in [0.29, 0.717) is 5.02 Å². The van der Waals surface area contributed by atoms with E-state index in [0.717, 1.165) is 15.6 Å². The third-order valence-corrected chi connectivity index (χ3v) is 5.51. The summed E-state index contributed by atoms with van der Waals surface area (Å²) in [5.41, 5.74) is 1.61. The van der Waals surface area contributed by atoms with Gasteiger partial charge in [-0.3, -0.25) is 0 Å². The molecule has 0 saturated heterocycles. The fourth-order valence-corrected chi connectivity index (χ4v) is 3.22. The first-order valence-corrected chi connectivity index (χ1v) is 8.55. The molecular weight excluding hydrogens is 362 g/mol. The van der Waals surface area contributed by atoms with Gasteiger partial charge in [0.15, 0.2) is 0 Å². The number of rotatable bonds is 4. The van der Waals surface area contributed by atoms with Gasteiger partial charge in [-0.2, -0.15) is 0 Å². The van der Waals surface area contributed by atoms with Gasteiger partial charge in [-0.1, -0.05) is 45.7 Å². The molecule has 0 bridgehead atoms. The minimum absolute atomic E-state index is 0.164. The summed E-state index contributed by atoms with van der Waals surface area (Å²) in [6.07, 6.45) is 0. The van der Waals surface area contributed by atoms with Crippen molar-refractivity contribution in [3.63, 3.8) is 0 Å². The summed E-state index contributed by atoms with van der Waals surface area (Å²) in [5.74, 6) is 0. The van der Waals surface area contributed by atoms with Crippen molar-refractivity contribution < 1.29 is 8.42 Å². The molecule has 0 aliphatic heterocycles. The Balaban J connectivity index is 2.19. The third kappa shape index (κ3) is 3.61. The normalized spacial score (nSPS) is 11.6. The van der Waals surface area contributed by atoms with Crippen molar-refractivity contribution in [1.29, 1.82) is 0 Å². The van der Waals surface area contributed by atoms with Gasteiger partial charge in [0.2, 0.25) is 10.0 Å². The van der Waals surface area contributed by atoms with Crippen LogP contribution in [0.15, 0.2) is 51.8 Å². The molecule has 106 valence electrons. The highest BCUT2D eigenvalue weighted by molar-refractivity contribution is 9.10. The average molecular weight is 375 g/mol. The van der Waals surface area contributed by atoms with Gasteiger partial charge in [-0.05, 0) is 42.3 Å². The van der Waals surface area contributed by atoms with Crippen LogP contribution in [-0.4, -0.2) is 8.42 Å². The smallest absolute Gasteiger partial charge is 0.207 e. The van der Waals surface area contributed by atoms with Gasteiger partial charge in [0.05, 0.1) is 4.90 Å². The lowest BCUT2D eigenvalue weighted by atomic mass is 10.2. The summed E-state index contributed by atoms with van der Waals surface area (Å²) >= 11 is 9.35. The van der Waals surface area contributed by atoms with Crippen LogP contribution in [0, 0.1) is 6.92 Å². The second-order valence-corrected chi connectivity index (χ2v) is 7.36. The Bertz CT molecular complexity index is 732. The number of sulfonamides is 1. The van der Waals surface area contributed by atoms with E-state index in [1.54, 1.807) is 36.4 Å². The van der Waals surface area contributed by atoms with Crippen LogP contribution in [0.5, 0.6) is 0 Å². The molecule has 0 spiro atoms. The fourth-order valence-electron chi connectivity index (χ4n) is 1.68. The van der Waals surface area contributed by atoms with Crippen molar-refractivity contribution in [3.8, 4) is 0 Å². The minimum atomic E-state index is -3.54. The maximum absolute atomic E-state index is 12.2. The van der Waals surface area contributed by atoms with Crippen LogP contribution >= 0.6 is 27.5 Å². The Kier molecular flexibility index (Phi) is 4.86. The van der Waals surface area contributed by atoms with Gasteiger partial charge < -0.3 is 0 Å². The van der Waals surface area contributed by atoms with Crippen molar-refractivity contribution in [3.05, 3.63) is 63.1 Å². The molecule has 0 saturated carbocycles. The number of halogens is 2. The maximum Gasteiger partial charge on any atom is 0.240 e. The monoisotopic (exact) mass is 373 g/mol. The number of aryl methyl sites for hydroxylation is 1. The summed E-state index contributed by atoms with van der Waals surface area (Å²) in [4.78, 5) is 0.241. The molecule has 2 rings (SSSR count). The first-order valence-electron chi connectivity index (χ1n) is 5.89. The largest absolute Gasteiger partial charge is 0.240 e. The SMILES string of the molecule is Cc1cc(S(=O)(=O)NCc2ccccc2Cl)ccc1Br. The standard InChI is InChI=1S/C14H13BrClNO2S/c1-10-8-12(6-7-13(10)15)20(18,19)17-9-11-4-2-3-5-14(11)16/h2-8,17H,9H2,1H3. The zero-order valence-electron chi connectivity index (χ0n) is 10.7. The molecule has 0 aromatic heterocycles. The Morgan fingerprint density at radius 3 is 2.55 bits per heavy atom. The number of hydrogen-bond donors (Lipinski definition) is 1. The second-order valence-electron chi connectivity index (χ2n) is 4.33. The third-order valence-electron chi connectivity index (χ3n) is 2.85. The summed E-state index contributed by atoms with van der Waals surface area (Å²) in [6.45, 7) is 2.01. The second kappa shape index (κ2) is 6.26. The van der Waals surface area contributed by atoms with Crippen LogP contribution in [0.25, 0.3) is 0 Å². The average Bonchev–Trinajstić information content (AvgIpc) is 2.41. The Hall–Kier alpha value is -0.880. The van der Waals surface area contributed by atoms with E-state index in [1.165, 1.54) is 0 Å². The molecule has 0 unspecified atom stereocenters. The molecule has 0 amide bonds. The predicted octanol–water partition coefficient (Wildman–Crippen LogP) is 3.89. The summed E-state index contributed by atoms with van der Waals surface area (Å²) in [7, 11) is -3.54. The lowest BCUT2D eigenvalue weighted by molar-refractivity contribution is 0.581. The van der Waals surface area contributed by atoms with Crippen molar-refractivity contribution in [2.45, 2.75) is 18.4 Å². The minimum Gasteiger partial charge on any atom is -0.207 e. The van der Waals surface area contributed by atoms with E-state index in [1.807, 2.05) is 13.0 Å². The first kappa shape index (κ1) is 15.5. The molecule has 2 aromatic rings. The summed E-state index contributed by atoms with van der Waals surface area (Å²) in [6, 6.07) is 12.1. The molecule has 6 heteroatoms. The highest BCUT2D eigenvalue weighted by Crippen LogP contribution is 2.21. The van der Waals surface area contributed by atoms with E-state index >= 15 is 0 Å². The zero-order chi connectivity index (χ0) is 14.8. The van der Waals surface area contributed by atoms with E-state index in [2.05, 4.69) is 20.7 Å². The van der Waals surface area contributed by atoms with Crippen LogP contribution in [0.3, 0.4) is 0 Å². The molecule has 2 aromatic carbocycles. The Morgan fingerprint density at radius 2 is 1.90 bits per heavy atom. The lowest BCUT2D eigenvalue weighted by Crippen LogP contribution is -2.23. The van der Waals surface area contributed by atoms with Gasteiger partial charge in [0.1, 0.15) is 0 Å². The molecule has 0 fully saturated rings. The Labute approximate surface area is 132 Å². The maximum atomic E-state index is 12.2. The lowest BCUT2D eigenvalue weighted by Gasteiger charge is -2.09. The van der Waals surface area contributed by atoms with Crippen LogP contribution < -0.4 is 4.72 Å². The van der Waals surface area contributed by atoms with Gasteiger partial charge in [-0.15, -0.1) is 0 Å². The zero-order valence-corrected chi connectivity index (χ0v) is 13.9. The van der Waals surface area contributed by atoms with Crippen molar-refractivity contribution in [2.75, 3.05) is 0 Å². The van der Waals surface area contributed by atoms with Crippen LogP contribution in [0.1, 0.15) is 11.1 Å². The number of nitrogens with one attached hydrogen (secondary N) is 1. The molecule has 0 aliphatic carbocycles. The highest BCUT2D eigenvalue weighted by atomic mass is 79.9. The van der Waals surface area contributed by atoms with Crippen LogP contribution in [0.2, 0.25) is 5.02 Å². The van der Waals surface area contributed by atoms with Gasteiger partial charge in [0.25, 0.3) is 0 Å². The van der Waals surface area contributed by atoms with Crippen LogP contribution in [0.4, 0.5) is 0 Å². The fraction of sp³-hybridized carbons (Fsp3) is 0.143. The molecule has 20 heavy (non-hydrogen) atoms. The van der Waals surface area contributed by atoms with E-state index in [4.69, 9.17) is 11.6 Å². The predicted molar refractivity (Wildman–Crippen MR) is 84.4 cm³/mol. The molecule has 0 aliphatic rings. The van der Waals surface area contributed by atoms with E-state index in [9.17, 15) is 8.42 Å². The van der Waals surface area contributed by atoms with Crippen molar-refractivity contribution in [1.82, 2.24) is 4.72 Å².